The molecule has 0 radical (unpaired) electrons. The van der Waals surface area contributed by atoms with E-state index in [1.54, 1.807) is 42.1 Å². The lowest BCUT2D eigenvalue weighted by Crippen LogP contribution is -2.42. The molecule has 0 spiro atoms. The zero-order chi connectivity index (χ0) is 24.1. The molecule has 1 fully saturated rings. The van der Waals surface area contributed by atoms with Gasteiger partial charge in [-0.1, -0.05) is 29.5 Å². The molecule has 1 atom stereocenters. The molecule has 10 heteroatoms. The maximum atomic E-state index is 13.2. The largest absolute Gasteiger partial charge is 0.494 e. The number of benzene rings is 2. The highest BCUT2D eigenvalue weighted by atomic mass is 32.2. The Morgan fingerprint density at radius 2 is 2.03 bits per heavy atom. The number of piperidine rings is 1. The summed E-state index contributed by atoms with van der Waals surface area (Å²) in [5.41, 5.74) is 1.02. The number of carbonyl (C=O) groups is 1. The van der Waals surface area contributed by atoms with Gasteiger partial charge in [0.1, 0.15) is 5.75 Å². The Kier molecular flexibility index (Phi) is 8.13. The molecule has 0 bridgehead atoms. The van der Waals surface area contributed by atoms with Crippen molar-refractivity contribution in [3.05, 3.63) is 53.3 Å². The number of thiazole rings is 1. The van der Waals surface area contributed by atoms with Crippen LogP contribution in [0, 0.1) is 5.92 Å². The number of hydrogen-bond donors (Lipinski definition) is 0. The minimum atomic E-state index is -3.63. The molecule has 0 aliphatic carbocycles. The van der Waals surface area contributed by atoms with E-state index in [1.807, 2.05) is 31.4 Å². The van der Waals surface area contributed by atoms with Crippen molar-refractivity contribution in [3.8, 4) is 5.75 Å². The summed E-state index contributed by atoms with van der Waals surface area (Å²) in [6.07, 6.45) is 3.32. The number of thioether (sulfide) groups is 1. The van der Waals surface area contributed by atoms with E-state index in [4.69, 9.17) is 4.74 Å². The Hall–Kier alpha value is -2.14. The van der Waals surface area contributed by atoms with Crippen LogP contribution in [-0.4, -0.2) is 54.9 Å². The summed E-state index contributed by atoms with van der Waals surface area (Å²) in [7, 11) is -3.63. The average molecular weight is 520 g/mol. The van der Waals surface area contributed by atoms with Gasteiger partial charge in [-0.25, -0.2) is 8.42 Å². The van der Waals surface area contributed by atoms with Crippen molar-refractivity contribution in [2.45, 2.75) is 31.2 Å². The van der Waals surface area contributed by atoms with Crippen LogP contribution < -0.4 is 9.54 Å². The molecule has 7 nitrogen and oxygen atoms in total. The summed E-state index contributed by atoms with van der Waals surface area (Å²) in [4.78, 5) is 18.6. The number of nitrogens with zero attached hydrogens (tertiary/aromatic N) is 3. The Morgan fingerprint density at radius 1 is 1.24 bits per heavy atom. The fourth-order valence-electron chi connectivity index (χ4n) is 4.08. The van der Waals surface area contributed by atoms with Gasteiger partial charge in [0, 0.05) is 25.4 Å². The van der Waals surface area contributed by atoms with Gasteiger partial charge in [-0.3, -0.25) is 4.79 Å². The zero-order valence-corrected chi connectivity index (χ0v) is 21.8. The number of amides is 1. The first-order valence-corrected chi connectivity index (χ1v) is 15.0. The third-order valence-electron chi connectivity index (χ3n) is 5.80. The van der Waals surface area contributed by atoms with Crippen molar-refractivity contribution in [2.75, 3.05) is 31.7 Å². The lowest BCUT2D eigenvalue weighted by Gasteiger charge is -2.30. The van der Waals surface area contributed by atoms with Crippen LogP contribution in [0.4, 0.5) is 0 Å². The molecule has 1 aliphatic heterocycles. The molecule has 1 amide bonds. The van der Waals surface area contributed by atoms with Crippen molar-refractivity contribution in [1.29, 1.82) is 0 Å². The second-order valence-corrected chi connectivity index (χ2v) is 12.0. The molecular formula is C24H29N3O4S3. The molecular weight excluding hydrogens is 490 g/mol. The summed E-state index contributed by atoms with van der Waals surface area (Å²) >= 11 is 3.20. The van der Waals surface area contributed by atoms with E-state index in [-0.39, 0.29) is 17.3 Å². The number of hydrogen-bond acceptors (Lipinski definition) is 6. The van der Waals surface area contributed by atoms with Crippen molar-refractivity contribution in [2.24, 2.45) is 10.9 Å². The predicted molar refractivity (Wildman–Crippen MR) is 138 cm³/mol. The van der Waals surface area contributed by atoms with Crippen LogP contribution in [0.15, 0.2) is 58.4 Å². The standard InChI is InChI=1S/C24H29N3O4S3/c1-3-31-19-11-12-21-22(16-19)33-24(27(21)14-15-32-2)25-23(28)18-8-7-13-26(17-18)34(29,30)20-9-5-4-6-10-20/h4-6,9-12,16,18H,3,7-8,13-15,17H2,1-2H3. The van der Waals surface area contributed by atoms with E-state index < -0.39 is 15.9 Å². The highest BCUT2D eigenvalue weighted by Gasteiger charge is 2.33. The highest BCUT2D eigenvalue weighted by Crippen LogP contribution is 2.26. The predicted octanol–water partition coefficient (Wildman–Crippen LogP) is 3.99. The van der Waals surface area contributed by atoms with E-state index >= 15 is 0 Å². The molecule has 1 aliphatic rings. The second-order valence-electron chi connectivity index (χ2n) is 8.06. The Morgan fingerprint density at radius 3 is 2.76 bits per heavy atom. The van der Waals surface area contributed by atoms with Gasteiger partial charge in [-0.15, -0.1) is 0 Å². The van der Waals surface area contributed by atoms with Gasteiger partial charge in [-0.2, -0.15) is 21.1 Å². The smallest absolute Gasteiger partial charge is 0.252 e. The first-order valence-electron chi connectivity index (χ1n) is 11.3. The van der Waals surface area contributed by atoms with E-state index in [2.05, 4.69) is 9.56 Å². The molecule has 2 aromatic carbocycles. The lowest BCUT2D eigenvalue weighted by molar-refractivity contribution is -0.122. The SMILES string of the molecule is CCOc1ccc2c(c1)sc(=NC(=O)C1CCCN(S(=O)(=O)c3ccccc3)C1)n2CCSC. The maximum Gasteiger partial charge on any atom is 0.252 e. The average Bonchev–Trinajstić information content (AvgIpc) is 3.19. The normalized spacial score (nSPS) is 17.8. The molecule has 0 saturated carbocycles. The fraction of sp³-hybridized carbons (Fsp3) is 0.417. The van der Waals surface area contributed by atoms with Crippen LogP contribution in [0.25, 0.3) is 10.2 Å². The van der Waals surface area contributed by atoms with Crippen molar-refractivity contribution < 1.29 is 17.9 Å². The zero-order valence-electron chi connectivity index (χ0n) is 19.3. The number of aryl methyl sites for hydroxylation is 1. The molecule has 4 rings (SSSR count). The van der Waals surface area contributed by atoms with Crippen molar-refractivity contribution in [1.82, 2.24) is 8.87 Å². The van der Waals surface area contributed by atoms with Gasteiger partial charge in [0.05, 0.1) is 27.6 Å². The summed E-state index contributed by atoms with van der Waals surface area (Å²) in [6.45, 7) is 3.84. The van der Waals surface area contributed by atoms with Gasteiger partial charge in [0.2, 0.25) is 10.0 Å². The lowest BCUT2D eigenvalue weighted by atomic mass is 9.99. The van der Waals surface area contributed by atoms with Crippen LogP contribution >= 0.6 is 23.1 Å². The summed E-state index contributed by atoms with van der Waals surface area (Å²) in [6, 6.07) is 14.3. The third-order valence-corrected chi connectivity index (χ3v) is 9.32. The molecule has 1 aromatic heterocycles. The second kappa shape index (κ2) is 11.1. The van der Waals surface area contributed by atoms with Gasteiger partial charge in [-0.05, 0) is 56.4 Å². The number of fused-ring (bicyclic) bond motifs is 1. The van der Waals surface area contributed by atoms with E-state index in [0.29, 0.717) is 30.8 Å². The van der Waals surface area contributed by atoms with Gasteiger partial charge < -0.3 is 9.30 Å². The summed E-state index contributed by atoms with van der Waals surface area (Å²) in [5.74, 6) is 0.973. The molecule has 34 heavy (non-hydrogen) atoms. The Labute approximate surface area is 208 Å². The third kappa shape index (κ3) is 5.40. The minimum absolute atomic E-state index is 0.157. The van der Waals surface area contributed by atoms with Crippen LogP contribution in [-0.2, 0) is 21.4 Å². The fourth-order valence-corrected chi connectivity index (χ4v) is 7.08. The maximum absolute atomic E-state index is 13.2. The van der Waals surface area contributed by atoms with Crippen LogP contribution in [0.5, 0.6) is 5.75 Å². The molecule has 182 valence electrons. The van der Waals surface area contributed by atoms with Gasteiger partial charge in [0.15, 0.2) is 4.80 Å². The van der Waals surface area contributed by atoms with Gasteiger partial charge in [0.25, 0.3) is 5.91 Å². The van der Waals surface area contributed by atoms with Crippen LogP contribution in [0.3, 0.4) is 0 Å². The van der Waals surface area contributed by atoms with Crippen molar-refractivity contribution in [3.63, 3.8) is 0 Å². The van der Waals surface area contributed by atoms with E-state index in [1.165, 1.54) is 15.6 Å². The minimum Gasteiger partial charge on any atom is -0.494 e. The van der Waals surface area contributed by atoms with E-state index in [9.17, 15) is 13.2 Å². The quantitative estimate of drug-likeness (QED) is 0.450. The molecule has 2 heterocycles. The van der Waals surface area contributed by atoms with E-state index in [0.717, 1.165) is 28.3 Å². The Balaban J connectivity index is 1.63. The van der Waals surface area contributed by atoms with Crippen molar-refractivity contribution >= 4 is 49.2 Å². The van der Waals surface area contributed by atoms with Gasteiger partial charge >= 0.3 is 0 Å². The molecule has 0 N–H and O–H groups in total. The number of aromatic nitrogens is 1. The molecule has 3 aromatic rings. The summed E-state index contributed by atoms with van der Waals surface area (Å²) < 4.78 is 36.3. The van der Waals surface area contributed by atoms with Crippen LogP contribution in [0.1, 0.15) is 19.8 Å². The first kappa shape index (κ1) is 25.0. The number of sulfonamides is 1. The molecule has 1 unspecified atom stereocenters. The number of rotatable bonds is 8. The first-order chi connectivity index (χ1) is 16.4. The highest BCUT2D eigenvalue weighted by molar-refractivity contribution is 7.98. The Bertz CT molecular complexity index is 1320. The monoisotopic (exact) mass is 519 g/mol. The topological polar surface area (TPSA) is 81.0 Å². The molecule has 1 saturated heterocycles. The summed E-state index contributed by atoms with van der Waals surface area (Å²) in [5, 5.41) is 0. The number of carbonyl (C=O) groups excluding carboxylic acids is 1. The number of ether oxygens (including phenoxy) is 1. The van der Waals surface area contributed by atoms with Crippen LogP contribution in [0.2, 0.25) is 0 Å².